The van der Waals surface area contributed by atoms with E-state index in [1.807, 2.05) is 0 Å². The molecule has 0 amide bonds. The Kier molecular flexibility index (Phi) is 8.32. The first-order valence-electron chi connectivity index (χ1n) is 20.5. The summed E-state index contributed by atoms with van der Waals surface area (Å²) < 4.78 is 2.40. The molecular weight excluding hydrogens is 701 g/mol. The zero-order chi connectivity index (χ0) is 39.8. The molecule has 0 aliphatic heterocycles. The Morgan fingerprint density at radius 2 is 1.03 bits per heavy atom. The number of aryl methyl sites for hydroxylation is 1. The molecule has 1 aromatic heterocycles. The molecule has 2 nitrogen and oxygen atoms in total. The van der Waals surface area contributed by atoms with E-state index in [0.717, 1.165) is 22.7 Å². The van der Waals surface area contributed by atoms with Gasteiger partial charge in [0.15, 0.2) is 0 Å². The maximum absolute atomic E-state index is 2.48. The second-order valence-corrected chi connectivity index (χ2v) is 17.5. The predicted molar refractivity (Wildman–Crippen MR) is 247 cm³/mol. The number of aromatic nitrogens is 1. The molecule has 58 heavy (non-hydrogen) atoms. The smallest absolute Gasteiger partial charge is 0.0541 e. The van der Waals surface area contributed by atoms with Crippen molar-refractivity contribution in [2.24, 2.45) is 0 Å². The Hall–Kier alpha value is -6.64. The highest BCUT2D eigenvalue weighted by molar-refractivity contribution is 6.09. The van der Waals surface area contributed by atoms with Gasteiger partial charge in [0, 0.05) is 38.8 Å². The number of anilines is 3. The lowest BCUT2D eigenvalue weighted by molar-refractivity contribution is 0.590. The van der Waals surface area contributed by atoms with Crippen LogP contribution in [-0.4, -0.2) is 4.57 Å². The molecular formula is C56H48N2. The van der Waals surface area contributed by atoms with Crippen molar-refractivity contribution in [1.29, 1.82) is 0 Å². The Bertz CT molecular complexity index is 2950. The van der Waals surface area contributed by atoms with Crippen LogP contribution in [0.1, 0.15) is 56.9 Å². The molecule has 0 bridgehead atoms. The zero-order valence-electron chi connectivity index (χ0n) is 34.2. The lowest BCUT2D eigenvalue weighted by atomic mass is 9.82. The first-order chi connectivity index (χ1) is 28.1. The summed E-state index contributed by atoms with van der Waals surface area (Å²) in [6.07, 6.45) is 0. The second kappa shape index (κ2) is 13.5. The highest BCUT2D eigenvalue weighted by Crippen LogP contribution is 2.51. The molecule has 282 valence electrons. The third kappa shape index (κ3) is 5.78. The predicted octanol–water partition coefficient (Wildman–Crippen LogP) is 15.5. The monoisotopic (exact) mass is 748 g/mol. The van der Waals surface area contributed by atoms with Crippen molar-refractivity contribution in [3.05, 3.63) is 204 Å². The van der Waals surface area contributed by atoms with Crippen LogP contribution in [0.15, 0.2) is 182 Å². The van der Waals surface area contributed by atoms with Gasteiger partial charge in [-0.3, -0.25) is 0 Å². The number of hydrogen-bond donors (Lipinski definition) is 0. The summed E-state index contributed by atoms with van der Waals surface area (Å²) in [6, 6.07) is 67.6. The van der Waals surface area contributed by atoms with Crippen molar-refractivity contribution in [3.8, 4) is 39.1 Å². The van der Waals surface area contributed by atoms with Gasteiger partial charge in [-0.2, -0.15) is 0 Å². The van der Waals surface area contributed by atoms with Crippen molar-refractivity contribution in [1.82, 2.24) is 4.57 Å². The van der Waals surface area contributed by atoms with E-state index in [9.17, 15) is 0 Å². The van der Waals surface area contributed by atoms with Crippen molar-refractivity contribution in [2.45, 2.75) is 52.4 Å². The molecule has 0 saturated carbocycles. The standard InChI is InChI=1S/C56H48N2/c1-37-15-7-8-16-44(37)49-35-39(38-23-26-40(27-24-38)55(2,3)4)25-34-54(49)57(43-32-33-46-45-17-9-12-20-50(45)56(5,6)51(46)36-43)41-28-30-42(31-29-41)58-52-21-13-10-18-47(52)48-19-11-14-22-53(48)58/h7-36H,1-6H3. The maximum atomic E-state index is 2.48. The number of rotatable bonds is 6. The lowest BCUT2D eigenvalue weighted by Gasteiger charge is -2.30. The average molecular weight is 749 g/mol. The van der Waals surface area contributed by atoms with Crippen molar-refractivity contribution < 1.29 is 0 Å². The van der Waals surface area contributed by atoms with E-state index in [1.54, 1.807) is 0 Å². The number of hydrogen-bond acceptors (Lipinski definition) is 1. The van der Waals surface area contributed by atoms with Gasteiger partial charge in [0.05, 0.1) is 16.7 Å². The highest BCUT2D eigenvalue weighted by atomic mass is 15.1. The van der Waals surface area contributed by atoms with Gasteiger partial charge in [-0.05, 0) is 123 Å². The fourth-order valence-corrected chi connectivity index (χ4v) is 9.37. The molecule has 2 heteroatoms. The third-order valence-corrected chi connectivity index (χ3v) is 12.5. The van der Waals surface area contributed by atoms with Gasteiger partial charge in [0.2, 0.25) is 0 Å². The molecule has 1 aliphatic rings. The van der Waals surface area contributed by atoms with Gasteiger partial charge in [-0.15, -0.1) is 0 Å². The number of nitrogens with zero attached hydrogens (tertiary/aromatic N) is 2. The van der Waals surface area contributed by atoms with Gasteiger partial charge in [0.25, 0.3) is 0 Å². The molecule has 0 atom stereocenters. The van der Waals surface area contributed by atoms with Gasteiger partial charge >= 0.3 is 0 Å². The topological polar surface area (TPSA) is 8.17 Å². The van der Waals surface area contributed by atoms with E-state index >= 15 is 0 Å². The molecule has 8 aromatic carbocycles. The summed E-state index contributed by atoms with van der Waals surface area (Å²) in [5.74, 6) is 0. The number of benzene rings is 8. The van der Waals surface area contributed by atoms with E-state index in [4.69, 9.17) is 0 Å². The first kappa shape index (κ1) is 35.8. The first-order valence-corrected chi connectivity index (χ1v) is 20.5. The van der Waals surface area contributed by atoms with E-state index in [2.05, 4.69) is 233 Å². The van der Waals surface area contributed by atoms with Crippen LogP contribution >= 0.6 is 0 Å². The molecule has 0 saturated heterocycles. The largest absolute Gasteiger partial charge is 0.310 e. The fourth-order valence-electron chi connectivity index (χ4n) is 9.37. The molecule has 1 aliphatic carbocycles. The quantitative estimate of drug-likeness (QED) is 0.164. The van der Waals surface area contributed by atoms with Gasteiger partial charge in [0.1, 0.15) is 0 Å². The summed E-state index contributed by atoms with van der Waals surface area (Å²) >= 11 is 0. The summed E-state index contributed by atoms with van der Waals surface area (Å²) in [5, 5.41) is 2.53. The number of fused-ring (bicyclic) bond motifs is 6. The average Bonchev–Trinajstić information content (AvgIpc) is 3.70. The molecule has 0 spiro atoms. The summed E-state index contributed by atoms with van der Waals surface area (Å²) in [5.41, 5.74) is 19.7. The van der Waals surface area contributed by atoms with Crippen LogP contribution in [0, 0.1) is 6.92 Å². The SMILES string of the molecule is Cc1ccccc1-c1cc(-c2ccc(C(C)(C)C)cc2)ccc1N(c1ccc(-n2c3ccccc3c3ccccc32)cc1)c1ccc2c(c1)C(C)(C)c1ccccc1-2. The van der Waals surface area contributed by atoms with Crippen LogP contribution in [0.25, 0.3) is 60.9 Å². The van der Waals surface area contributed by atoms with Crippen LogP contribution in [0.5, 0.6) is 0 Å². The van der Waals surface area contributed by atoms with Gasteiger partial charge in [-0.1, -0.05) is 156 Å². The summed E-state index contributed by atoms with van der Waals surface area (Å²) in [4.78, 5) is 2.48. The molecule has 1 heterocycles. The van der Waals surface area contributed by atoms with Gasteiger partial charge < -0.3 is 9.47 Å². The van der Waals surface area contributed by atoms with Crippen molar-refractivity contribution in [3.63, 3.8) is 0 Å². The van der Waals surface area contributed by atoms with E-state index < -0.39 is 0 Å². The van der Waals surface area contributed by atoms with Crippen LogP contribution in [0.2, 0.25) is 0 Å². The normalized spacial score (nSPS) is 13.1. The Morgan fingerprint density at radius 1 is 0.466 bits per heavy atom. The minimum atomic E-state index is -0.129. The summed E-state index contributed by atoms with van der Waals surface area (Å²) in [7, 11) is 0. The zero-order valence-corrected chi connectivity index (χ0v) is 34.2. The van der Waals surface area contributed by atoms with Crippen LogP contribution in [-0.2, 0) is 10.8 Å². The van der Waals surface area contributed by atoms with Crippen LogP contribution < -0.4 is 4.90 Å². The molecule has 10 rings (SSSR count). The van der Waals surface area contributed by atoms with Crippen LogP contribution in [0.4, 0.5) is 17.1 Å². The van der Waals surface area contributed by atoms with E-state index in [0.29, 0.717) is 0 Å². The molecule has 0 unspecified atom stereocenters. The van der Waals surface area contributed by atoms with Crippen LogP contribution in [0.3, 0.4) is 0 Å². The van der Waals surface area contributed by atoms with Crippen molar-refractivity contribution in [2.75, 3.05) is 4.90 Å². The molecule has 0 fully saturated rings. The highest BCUT2D eigenvalue weighted by Gasteiger charge is 2.36. The van der Waals surface area contributed by atoms with E-state index in [-0.39, 0.29) is 10.8 Å². The molecule has 9 aromatic rings. The number of para-hydroxylation sites is 2. The summed E-state index contributed by atoms with van der Waals surface area (Å²) in [6.45, 7) is 13.8. The minimum absolute atomic E-state index is 0.0953. The third-order valence-electron chi connectivity index (χ3n) is 12.5. The second-order valence-electron chi connectivity index (χ2n) is 17.5. The Labute approximate surface area is 342 Å². The molecule has 0 radical (unpaired) electrons. The Balaban J connectivity index is 1.18. The minimum Gasteiger partial charge on any atom is -0.310 e. The molecule has 0 N–H and O–H groups in total. The van der Waals surface area contributed by atoms with Crippen molar-refractivity contribution >= 4 is 38.9 Å². The van der Waals surface area contributed by atoms with Gasteiger partial charge in [-0.25, -0.2) is 0 Å². The van der Waals surface area contributed by atoms with E-state index in [1.165, 1.54) is 77.4 Å². The fraction of sp³-hybridized carbons (Fsp3) is 0.143. The Morgan fingerprint density at radius 3 is 1.71 bits per heavy atom. The maximum Gasteiger partial charge on any atom is 0.0541 e. The lowest BCUT2D eigenvalue weighted by Crippen LogP contribution is -2.17.